The van der Waals surface area contributed by atoms with Crippen molar-refractivity contribution in [1.82, 2.24) is 0 Å². The first-order chi connectivity index (χ1) is 7.09. The summed E-state index contributed by atoms with van der Waals surface area (Å²) in [5.41, 5.74) is 2.74. The van der Waals surface area contributed by atoms with Crippen LogP contribution in [0.5, 0.6) is 11.5 Å². The number of phenolic OH excluding ortho intramolecular Hbond substituents is 1. The lowest BCUT2D eigenvalue weighted by Crippen LogP contribution is -2.06. The molecule has 0 amide bonds. The third-order valence-electron chi connectivity index (χ3n) is 2.84. The molecular weight excluding hydrogens is 192 g/mol. The smallest absolute Gasteiger partial charge is 0.123 e. The Morgan fingerprint density at radius 3 is 2.67 bits per heavy atom. The molecule has 82 valence electrons. The van der Waals surface area contributed by atoms with Crippen molar-refractivity contribution < 1.29 is 14.6 Å². The van der Waals surface area contributed by atoms with E-state index in [1.54, 1.807) is 0 Å². The lowest BCUT2D eigenvalue weighted by Gasteiger charge is -2.13. The zero-order valence-corrected chi connectivity index (χ0v) is 9.33. The number of aromatic hydroxyl groups is 1. The minimum atomic E-state index is 0.263. The number of rotatable bonds is 3. The fourth-order valence-corrected chi connectivity index (χ4v) is 1.53. The molecule has 0 radical (unpaired) electrons. The van der Waals surface area contributed by atoms with Gasteiger partial charge in [-0.05, 0) is 43.5 Å². The summed E-state index contributed by atoms with van der Waals surface area (Å²) in [5.74, 6) is 1.21. The second-order valence-corrected chi connectivity index (χ2v) is 4.06. The molecule has 0 spiro atoms. The highest BCUT2D eigenvalue weighted by Crippen LogP contribution is 2.32. The number of hydrogen-bond donors (Lipinski definition) is 1. The van der Waals surface area contributed by atoms with Crippen LogP contribution >= 0.6 is 0 Å². The minimum absolute atomic E-state index is 0.263. The molecule has 3 nitrogen and oxygen atoms in total. The first-order valence-electron chi connectivity index (χ1n) is 5.13. The third-order valence-corrected chi connectivity index (χ3v) is 2.84. The summed E-state index contributed by atoms with van der Waals surface area (Å²) in [6, 6.07) is 1.88. The molecule has 3 heteroatoms. The highest BCUT2D eigenvalue weighted by atomic mass is 16.6. The molecule has 0 unspecified atom stereocenters. The van der Waals surface area contributed by atoms with E-state index in [9.17, 15) is 5.11 Å². The van der Waals surface area contributed by atoms with E-state index in [-0.39, 0.29) is 6.10 Å². The van der Waals surface area contributed by atoms with Crippen molar-refractivity contribution >= 4 is 0 Å². The van der Waals surface area contributed by atoms with Crippen LogP contribution in [-0.4, -0.2) is 24.4 Å². The van der Waals surface area contributed by atoms with Gasteiger partial charge in [-0.25, -0.2) is 0 Å². The fourth-order valence-electron chi connectivity index (χ4n) is 1.53. The van der Waals surface area contributed by atoms with Crippen LogP contribution in [0.25, 0.3) is 0 Å². The van der Waals surface area contributed by atoms with E-state index in [1.807, 2.05) is 26.8 Å². The van der Waals surface area contributed by atoms with Crippen LogP contribution in [0.4, 0.5) is 0 Å². The normalized spacial score (nSPS) is 19.0. The number of epoxide rings is 1. The SMILES string of the molecule is Cc1cc(OC[C@H]2CO2)c(C)c(C)c1O. The van der Waals surface area contributed by atoms with Crippen LogP contribution < -0.4 is 4.74 Å². The van der Waals surface area contributed by atoms with E-state index in [0.29, 0.717) is 12.4 Å². The van der Waals surface area contributed by atoms with Gasteiger partial charge in [0.2, 0.25) is 0 Å². The van der Waals surface area contributed by atoms with Gasteiger partial charge in [0.15, 0.2) is 0 Å². The zero-order valence-electron chi connectivity index (χ0n) is 9.33. The van der Waals surface area contributed by atoms with Crippen molar-refractivity contribution in [3.8, 4) is 11.5 Å². The molecular formula is C12H16O3. The molecule has 1 aliphatic heterocycles. The molecule has 0 aromatic heterocycles. The molecule has 1 aromatic carbocycles. The van der Waals surface area contributed by atoms with Gasteiger partial charge in [-0.2, -0.15) is 0 Å². The number of ether oxygens (including phenoxy) is 2. The molecule has 0 aliphatic carbocycles. The van der Waals surface area contributed by atoms with E-state index < -0.39 is 0 Å². The average Bonchev–Trinajstić information content (AvgIpc) is 3.02. The maximum atomic E-state index is 9.72. The van der Waals surface area contributed by atoms with E-state index in [1.165, 1.54) is 0 Å². The number of phenols is 1. The van der Waals surface area contributed by atoms with Crippen LogP contribution in [0.2, 0.25) is 0 Å². The highest BCUT2D eigenvalue weighted by Gasteiger charge is 2.23. The summed E-state index contributed by atoms with van der Waals surface area (Å²) in [4.78, 5) is 0. The van der Waals surface area contributed by atoms with E-state index in [2.05, 4.69) is 0 Å². The molecule has 15 heavy (non-hydrogen) atoms. The third kappa shape index (κ3) is 2.07. The van der Waals surface area contributed by atoms with Crippen LogP contribution in [0.1, 0.15) is 16.7 Å². The lowest BCUT2D eigenvalue weighted by atomic mass is 10.0. The van der Waals surface area contributed by atoms with E-state index in [4.69, 9.17) is 9.47 Å². The first-order valence-corrected chi connectivity index (χ1v) is 5.13. The molecule has 2 rings (SSSR count). The van der Waals surface area contributed by atoms with Crippen molar-refractivity contribution in [3.05, 3.63) is 22.8 Å². The van der Waals surface area contributed by atoms with Gasteiger partial charge in [-0.3, -0.25) is 0 Å². The highest BCUT2D eigenvalue weighted by molar-refractivity contribution is 5.51. The monoisotopic (exact) mass is 208 g/mol. The Morgan fingerprint density at radius 2 is 2.07 bits per heavy atom. The summed E-state index contributed by atoms with van der Waals surface area (Å²) in [6.45, 7) is 7.14. The van der Waals surface area contributed by atoms with Crippen molar-refractivity contribution in [2.24, 2.45) is 0 Å². The molecule has 0 bridgehead atoms. The topological polar surface area (TPSA) is 42.0 Å². The van der Waals surface area contributed by atoms with Crippen LogP contribution in [0.3, 0.4) is 0 Å². The fraction of sp³-hybridized carbons (Fsp3) is 0.500. The summed E-state index contributed by atoms with van der Waals surface area (Å²) in [7, 11) is 0. The maximum absolute atomic E-state index is 9.72. The minimum Gasteiger partial charge on any atom is -0.507 e. The summed E-state index contributed by atoms with van der Waals surface area (Å²) in [6.07, 6.45) is 0.263. The van der Waals surface area contributed by atoms with Gasteiger partial charge >= 0.3 is 0 Å². The Hall–Kier alpha value is -1.22. The van der Waals surface area contributed by atoms with Crippen molar-refractivity contribution in [2.45, 2.75) is 26.9 Å². The summed E-state index contributed by atoms with van der Waals surface area (Å²) < 4.78 is 10.7. The number of aryl methyl sites for hydroxylation is 1. The van der Waals surface area contributed by atoms with Crippen molar-refractivity contribution in [1.29, 1.82) is 0 Å². The average molecular weight is 208 g/mol. The second kappa shape index (κ2) is 3.74. The van der Waals surface area contributed by atoms with Crippen LogP contribution in [0, 0.1) is 20.8 Å². The molecule has 0 saturated carbocycles. The van der Waals surface area contributed by atoms with Gasteiger partial charge in [0.25, 0.3) is 0 Å². The molecule has 1 heterocycles. The predicted molar refractivity (Wildman–Crippen MR) is 57.6 cm³/mol. The van der Waals surface area contributed by atoms with Crippen LogP contribution in [-0.2, 0) is 4.74 Å². The van der Waals surface area contributed by atoms with Gasteiger partial charge in [0, 0.05) is 0 Å². The largest absolute Gasteiger partial charge is 0.507 e. The van der Waals surface area contributed by atoms with E-state index in [0.717, 1.165) is 29.0 Å². The second-order valence-electron chi connectivity index (χ2n) is 4.06. The summed E-state index contributed by atoms with van der Waals surface area (Å²) in [5, 5.41) is 9.72. The Balaban J connectivity index is 2.21. The Kier molecular flexibility index (Phi) is 2.57. The summed E-state index contributed by atoms with van der Waals surface area (Å²) >= 11 is 0. The number of hydrogen-bond acceptors (Lipinski definition) is 3. The molecule has 1 fully saturated rings. The molecule has 1 N–H and O–H groups in total. The van der Waals surface area contributed by atoms with Gasteiger partial charge in [-0.15, -0.1) is 0 Å². The van der Waals surface area contributed by atoms with Crippen molar-refractivity contribution in [2.75, 3.05) is 13.2 Å². The molecule has 1 atom stereocenters. The van der Waals surface area contributed by atoms with Gasteiger partial charge < -0.3 is 14.6 Å². The standard InChI is InChI=1S/C12H16O3/c1-7-4-11(15-6-10-5-14-10)8(2)9(3)12(7)13/h4,10,13H,5-6H2,1-3H3/t10-/m1/s1. The zero-order chi connectivity index (χ0) is 11.0. The molecule has 1 aromatic rings. The Labute approximate surface area is 89.6 Å². The Bertz CT molecular complexity index is 381. The first kappa shape index (κ1) is 10.3. The maximum Gasteiger partial charge on any atom is 0.123 e. The van der Waals surface area contributed by atoms with Crippen molar-refractivity contribution in [3.63, 3.8) is 0 Å². The van der Waals surface area contributed by atoms with E-state index >= 15 is 0 Å². The lowest BCUT2D eigenvalue weighted by molar-refractivity contribution is 0.261. The Morgan fingerprint density at radius 1 is 1.40 bits per heavy atom. The quantitative estimate of drug-likeness (QED) is 0.773. The van der Waals surface area contributed by atoms with Gasteiger partial charge in [0.05, 0.1) is 6.61 Å². The molecule has 1 saturated heterocycles. The van der Waals surface area contributed by atoms with Crippen LogP contribution in [0.15, 0.2) is 6.07 Å². The van der Waals surface area contributed by atoms with Gasteiger partial charge in [0.1, 0.15) is 24.2 Å². The molecule has 1 aliphatic rings. The predicted octanol–water partition coefficient (Wildman–Crippen LogP) is 2.10. The van der Waals surface area contributed by atoms with Gasteiger partial charge in [-0.1, -0.05) is 0 Å². The number of benzene rings is 1.